The molecule has 1 N–H and O–H groups in total. The molecule has 2 fully saturated rings. The number of rotatable bonds is 0. The molecule has 2 heterocycles. The van der Waals surface area contributed by atoms with Gasteiger partial charge in [0.15, 0.2) is 0 Å². The average molecular weight is 141 g/mol. The molecular formula is C7H11NO2. The molecular weight excluding hydrogens is 130 g/mol. The second-order valence-corrected chi connectivity index (χ2v) is 3.16. The van der Waals surface area contributed by atoms with Crippen LogP contribution < -0.4 is 5.32 Å². The van der Waals surface area contributed by atoms with E-state index in [1.54, 1.807) is 0 Å². The highest BCUT2D eigenvalue weighted by Crippen LogP contribution is 2.28. The quantitative estimate of drug-likeness (QED) is 0.484. The summed E-state index contributed by atoms with van der Waals surface area (Å²) in [5.74, 6) is 0.172. The smallest absolute Gasteiger partial charge is 0.222 e. The normalized spacial score (nSPS) is 39.0. The first kappa shape index (κ1) is 6.16. The number of hydrogen-bond donors (Lipinski definition) is 1. The highest BCUT2D eigenvalue weighted by atomic mass is 16.5. The number of amides is 1. The second kappa shape index (κ2) is 1.95. The Hall–Kier alpha value is -0.570. The predicted molar refractivity (Wildman–Crippen MR) is 35.5 cm³/mol. The lowest BCUT2D eigenvalue weighted by atomic mass is 9.82. The summed E-state index contributed by atoms with van der Waals surface area (Å²) < 4.78 is 5.26. The molecule has 1 atom stereocenters. The SMILES string of the molecule is O=C1CC2(CCCOC2)N1. The third-order valence-corrected chi connectivity index (χ3v) is 2.23. The minimum absolute atomic E-state index is 0.0509. The van der Waals surface area contributed by atoms with Crippen molar-refractivity contribution in [3.63, 3.8) is 0 Å². The summed E-state index contributed by atoms with van der Waals surface area (Å²) in [6.07, 6.45) is 2.85. The van der Waals surface area contributed by atoms with Crippen LogP contribution >= 0.6 is 0 Å². The first-order chi connectivity index (χ1) is 4.81. The Balaban J connectivity index is 1.96. The standard InChI is InChI=1S/C7H11NO2/c9-6-4-7(8-6)2-1-3-10-5-7/h1-5H2,(H,8,9). The van der Waals surface area contributed by atoms with Crippen LogP contribution in [0.2, 0.25) is 0 Å². The van der Waals surface area contributed by atoms with Crippen LogP contribution in [0, 0.1) is 0 Å². The summed E-state index contributed by atoms with van der Waals surface area (Å²) in [6.45, 7) is 1.58. The summed E-state index contributed by atoms with van der Waals surface area (Å²) in [7, 11) is 0. The monoisotopic (exact) mass is 141 g/mol. The van der Waals surface area contributed by atoms with Crippen molar-refractivity contribution in [1.29, 1.82) is 0 Å². The third-order valence-electron chi connectivity index (χ3n) is 2.23. The summed E-state index contributed by atoms with van der Waals surface area (Å²) in [5, 5.41) is 2.89. The van der Waals surface area contributed by atoms with E-state index < -0.39 is 0 Å². The van der Waals surface area contributed by atoms with E-state index in [0.29, 0.717) is 6.42 Å². The van der Waals surface area contributed by atoms with Gasteiger partial charge in [-0.1, -0.05) is 0 Å². The molecule has 0 saturated carbocycles. The van der Waals surface area contributed by atoms with Crippen LogP contribution in [0.5, 0.6) is 0 Å². The van der Waals surface area contributed by atoms with E-state index in [1.807, 2.05) is 0 Å². The van der Waals surface area contributed by atoms with Crippen molar-refractivity contribution in [2.24, 2.45) is 0 Å². The van der Waals surface area contributed by atoms with Gasteiger partial charge in [-0.25, -0.2) is 0 Å². The van der Waals surface area contributed by atoms with Crippen molar-refractivity contribution in [3.05, 3.63) is 0 Å². The molecule has 10 heavy (non-hydrogen) atoms. The van der Waals surface area contributed by atoms with Gasteiger partial charge >= 0.3 is 0 Å². The molecule has 3 heteroatoms. The number of β-lactam (4-membered cyclic amide) rings is 1. The molecule has 2 saturated heterocycles. The molecule has 0 bridgehead atoms. The molecule has 2 aliphatic heterocycles. The fourth-order valence-corrected chi connectivity index (χ4v) is 1.68. The van der Waals surface area contributed by atoms with Crippen LogP contribution in [-0.4, -0.2) is 24.7 Å². The molecule has 56 valence electrons. The number of nitrogens with one attached hydrogen (secondary N) is 1. The van der Waals surface area contributed by atoms with Gasteiger partial charge in [0, 0.05) is 6.61 Å². The van der Waals surface area contributed by atoms with Crippen LogP contribution in [0.4, 0.5) is 0 Å². The minimum atomic E-state index is 0.0509. The Morgan fingerprint density at radius 2 is 2.40 bits per heavy atom. The van der Waals surface area contributed by atoms with Crippen molar-refractivity contribution in [2.75, 3.05) is 13.2 Å². The van der Waals surface area contributed by atoms with Gasteiger partial charge in [-0.15, -0.1) is 0 Å². The largest absolute Gasteiger partial charge is 0.379 e. The van der Waals surface area contributed by atoms with Crippen molar-refractivity contribution in [2.45, 2.75) is 24.8 Å². The minimum Gasteiger partial charge on any atom is -0.379 e. The zero-order valence-electron chi connectivity index (χ0n) is 5.85. The highest BCUT2D eigenvalue weighted by Gasteiger charge is 2.43. The van der Waals surface area contributed by atoms with Crippen molar-refractivity contribution >= 4 is 5.91 Å². The first-order valence-corrected chi connectivity index (χ1v) is 3.70. The van der Waals surface area contributed by atoms with E-state index in [0.717, 1.165) is 26.1 Å². The third kappa shape index (κ3) is 0.814. The van der Waals surface area contributed by atoms with Gasteiger partial charge in [-0.05, 0) is 12.8 Å². The van der Waals surface area contributed by atoms with Gasteiger partial charge in [-0.3, -0.25) is 4.79 Å². The lowest BCUT2D eigenvalue weighted by Gasteiger charge is -2.44. The van der Waals surface area contributed by atoms with Crippen LogP contribution in [0.25, 0.3) is 0 Å². The summed E-state index contributed by atoms with van der Waals surface area (Å²) in [4.78, 5) is 10.6. The fourth-order valence-electron chi connectivity index (χ4n) is 1.68. The van der Waals surface area contributed by atoms with Gasteiger partial charge in [-0.2, -0.15) is 0 Å². The van der Waals surface area contributed by atoms with Gasteiger partial charge in [0.2, 0.25) is 5.91 Å². The average Bonchev–Trinajstić information content (AvgIpc) is 1.87. The Labute approximate surface area is 59.7 Å². The van der Waals surface area contributed by atoms with E-state index >= 15 is 0 Å². The summed E-state index contributed by atoms with van der Waals surface area (Å²) >= 11 is 0. The lowest BCUT2D eigenvalue weighted by molar-refractivity contribution is -0.138. The van der Waals surface area contributed by atoms with E-state index in [-0.39, 0.29) is 11.4 Å². The van der Waals surface area contributed by atoms with Gasteiger partial charge < -0.3 is 10.1 Å². The number of hydrogen-bond acceptors (Lipinski definition) is 2. The highest BCUT2D eigenvalue weighted by molar-refractivity contribution is 5.84. The molecule has 3 nitrogen and oxygen atoms in total. The van der Waals surface area contributed by atoms with E-state index in [2.05, 4.69) is 5.32 Å². The Bertz CT molecular complexity index is 151. The Kier molecular flexibility index (Phi) is 1.20. The zero-order chi connectivity index (χ0) is 7.03. The molecule has 2 aliphatic rings. The predicted octanol–water partition coefficient (Wildman–Crippen LogP) is 0.0555. The molecule has 1 amide bonds. The zero-order valence-corrected chi connectivity index (χ0v) is 5.85. The molecule has 0 aromatic heterocycles. The fraction of sp³-hybridized carbons (Fsp3) is 0.857. The number of carbonyl (C=O) groups is 1. The lowest BCUT2D eigenvalue weighted by Crippen LogP contribution is -2.64. The van der Waals surface area contributed by atoms with Crippen LogP contribution in [0.3, 0.4) is 0 Å². The van der Waals surface area contributed by atoms with Crippen LogP contribution in [0.15, 0.2) is 0 Å². The molecule has 0 aromatic carbocycles. The van der Waals surface area contributed by atoms with Gasteiger partial charge in [0.25, 0.3) is 0 Å². The summed E-state index contributed by atoms with van der Waals surface area (Å²) in [6, 6.07) is 0. The van der Waals surface area contributed by atoms with E-state index in [9.17, 15) is 4.79 Å². The van der Waals surface area contributed by atoms with Gasteiger partial charge in [0.05, 0.1) is 18.6 Å². The second-order valence-electron chi connectivity index (χ2n) is 3.16. The maximum absolute atomic E-state index is 10.6. The summed E-state index contributed by atoms with van der Waals surface area (Å²) in [5.41, 5.74) is 0.0509. The Morgan fingerprint density at radius 1 is 1.60 bits per heavy atom. The first-order valence-electron chi connectivity index (χ1n) is 3.70. The van der Waals surface area contributed by atoms with Crippen molar-refractivity contribution in [3.8, 4) is 0 Å². The number of ether oxygens (including phenoxy) is 1. The van der Waals surface area contributed by atoms with E-state index in [4.69, 9.17) is 4.74 Å². The maximum atomic E-state index is 10.6. The molecule has 1 spiro atoms. The van der Waals surface area contributed by atoms with Crippen LogP contribution in [-0.2, 0) is 9.53 Å². The molecule has 0 aliphatic carbocycles. The van der Waals surface area contributed by atoms with Crippen molar-refractivity contribution < 1.29 is 9.53 Å². The Morgan fingerprint density at radius 3 is 2.90 bits per heavy atom. The topological polar surface area (TPSA) is 38.3 Å². The molecule has 2 rings (SSSR count). The van der Waals surface area contributed by atoms with Crippen molar-refractivity contribution in [1.82, 2.24) is 5.32 Å². The van der Waals surface area contributed by atoms with Gasteiger partial charge in [0.1, 0.15) is 0 Å². The van der Waals surface area contributed by atoms with E-state index in [1.165, 1.54) is 0 Å². The number of carbonyl (C=O) groups excluding carboxylic acids is 1. The molecule has 1 unspecified atom stereocenters. The maximum Gasteiger partial charge on any atom is 0.222 e. The molecule has 0 aromatic rings. The molecule has 0 radical (unpaired) electrons. The van der Waals surface area contributed by atoms with Crippen LogP contribution in [0.1, 0.15) is 19.3 Å².